The maximum atomic E-state index is 12.1. The Bertz CT molecular complexity index is 1070. The molecule has 2 amide bonds. The maximum absolute atomic E-state index is 12.1. The van der Waals surface area contributed by atoms with E-state index in [0.29, 0.717) is 15.8 Å². The SMILES string of the molecule is O=C(COc1ccc2ccccc2c1)NNC(=S)NC(=O)c1cc(Cl)cc(Cl)c1. The van der Waals surface area contributed by atoms with E-state index in [9.17, 15) is 9.59 Å². The second kappa shape index (κ2) is 9.56. The van der Waals surface area contributed by atoms with Crippen LogP contribution in [0.1, 0.15) is 10.4 Å². The molecular formula is C20H15Cl2N3O3S. The summed E-state index contributed by atoms with van der Waals surface area (Å²) in [6.45, 7) is -0.230. The summed E-state index contributed by atoms with van der Waals surface area (Å²) < 4.78 is 5.47. The highest BCUT2D eigenvalue weighted by molar-refractivity contribution is 7.80. The fourth-order valence-corrected chi connectivity index (χ4v) is 3.13. The van der Waals surface area contributed by atoms with E-state index in [0.717, 1.165) is 10.8 Å². The van der Waals surface area contributed by atoms with Crippen molar-refractivity contribution in [3.05, 3.63) is 76.3 Å². The highest BCUT2D eigenvalue weighted by atomic mass is 35.5. The minimum atomic E-state index is -0.520. The van der Waals surface area contributed by atoms with Gasteiger partial charge in [-0.15, -0.1) is 0 Å². The molecule has 0 heterocycles. The molecule has 0 atom stereocenters. The number of hydrazine groups is 1. The highest BCUT2D eigenvalue weighted by Gasteiger charge is 2.11. The first-order chi connectivity index (χ1) is 13.9. The predicted molar refractivity (Wildman–Crippen MR) is 117 cm³/mol. The van der Waals surface area contributed by atoms with E-state index in [1.54, 1.807) is 6.07 Å². The molecule has 29 heavy (non-hydrogen) atoms. The number of hydrogen-bond acceptors (Lipinski definition) is 4. The lowest BCUT2D eigenvalue weighted by molar-refractivity contribution is -0.123. The molecule has 0 saturated carbocycles. The number of halogens is 2. The molecule has 0 aromatic heterocycles. The zero-order chi connectivity index (χ0) is 20.8. The van der Waals surface area contributed by atoms with Crippen molar-refractivity contribution in [1.29, 1.82) is 0 Å². The first-order valence-corrected chi connectivity index (χ1v) is 9.55. The number of hydrogen-bond donors (Lipinski definition) is 3. The first-order valence-electron chi connectivity index (χ1n) is 8.38. The third kappa shape index (κ3) is 6.05. The molecule has 0 radical (unpaired) electrons. The number of ether oxygens (including phenoxy) is 1. The van der Waals surface area contributed by atoms with Gasteiger partial charge in [-0.2, -0.15) is 0 Å². The highest BCUT2D eigenvalue weighted by Crippen LogP contribution is 2.20. The number of fused-ring (bicyclic) bond motifs is 1. The molecule has 0 fully saturated rings. The van der Waals surface area contributed by atoms with Crippen LogP contribution in [0, 0.1) is 0 Å². The Morgan fingerprint density at radius 3 is 2.31 bits per heavy atom. The van der Waals surface area contributed by atoms with Gasteiger partial charge in [0.15, 0.2) is 11.7 Å². The Morgan fingerprint density at radius 1 is 0.897 bits per heavy atom. The van der Waals surface area contributed by atoms with Gasteiger partial charge in [-0.25, -0.2) is 0 Å². The monoisotopic (exact) mass is 447 g/mol. The van der Waals surface area contributed by atoms with E-state index in [4.69, 9.17) is 40.2 Å². The number of carbonyl (C=O) groups excluding carboxylic acids is 2. The van der Waals surface area contributed by atoms with Crippen molar-refractivity contribution in [3.8, 4) is 5.75 Å². The standard InChI is InChI=1S/C20H15Cl2N3O3S/c21-15-7-14(8-16(22)10-15)19(27)23-20(29)25-24-18(26)11-28-17-6-5-12-3-1-2-4-13(12)9-17/h1-10H,11H2,(H,24,26)(H2,23,25,27,29). The molecule has 3 rings (SSSR count). The van der Waals surface area contributed by atoms with E-state index in [1.807, 2.05) is 36.4 Å². The third-order valence-electron chi connectivity index (χ3n) is 3.76. The molecule has 0 aliphatic carbocycles. The van der Waals surface area contributed by atoms with Crippen molar-refractivity contribution in [2.24, 2.45) is 0 Å². The quantitative estimate of drug-likeness (QED) is 0.417. The zero-order valence-electron chi connectivity index (χ0n) is 14.9. The van der Waals surface area contributed by atoms with Gasteiger partial charge >= 0.3 is 0 Å². The van der Waals surface area contributed by atoms with E-state index in [1.165, 1.54) is 18.2 Å². The first kappa shape index (κ1) is 20.9. The van der Waals surface area contributed by atoms with Crippen molar-refractivity contribution in [2.75, 3.05) is 6.61 Å². The number of benzene rings is 3. The summed E-state index contributed by atoms with van der Waals surface area (Å²) >= 11 is 16.7. The molecule has 3 aromatic rings. The normalized spacial score (nSPS) is 10.3. The van der Waals surface area contributed by atoms with Crippen LogP contribution >= 0.6 is 35.4 Å². The van der Waals surface area contributed by atoms with E-state index in [-0.39, 0.29) is 17.3 Å². The van der Waals surface area contributed by atoms with E-state index >= 15 is 0 Å². The van der Waals surface area contributed by atoms with Gasteiger partial charge in [0.05, 0.1) is 0 Å². The topological polar surface area (TPSA) is 79.5 Å². The summed E-state index contributed by atoms with van der Waals surface area (Å²) in [5, 5.41) is 5.04. The second-order valence-corrected chi connectivity index (χ2v) is 7.19. The second-order valence-electron chi connectivity index (χ2n) is 5.91. The minimum absolute atomic E-state index is 0.0925. The average Bonchev–Trinajstić information content (AvgIpc) is 2.69. The third-order valence-corrected chi connectivity index (χ3v) is 4.40. The van der Waals surface area contributed by atoms with Gasteiger partial charge in [0.25, 0.3) is 11.8 Å². The van der Waals surface area contributed by atoms with Crippen LogP contribution in [0.25, 0.3) is 10.8 Å². The summed E-state index contributed by atoms with van der Waals surface area (Å²) in [7, 11) is 0. The van der Waals surface area contributed by atoms with Crippen molar-refractivity contribution >= 4 is 63.1 Å². The Labute approximate surface area is 182 Å². The molecule has 0 saturated heterocycles. The van der Waals surface area contributed by atoms with Gasteiger partial charge in [-0.05, 0) is 53.3 Å². The zero-order valence-corrected chi connectivity index (χ0v) is 17.2. The van der Waals surface area contributed by atoms with Crippen LogP contribution in [0.4, 0.5) is 0 Å². The lowest BCUT2D eigenvalue weighted by Gasteiger charge is -2.12. The van der Waals surface area contributed by atoms with Crippen LogP contribution in [0.2, 0.25) is 10.0 Å². The van der Waals surface area contributed by atoms with Crippen molar-refractivity contribution in [2.45, 2.75) is 0 Å². The summed E-state index contributed by atoms with van der Waals surface area (Å²) in [6, 6.07) is 17.8. The Balaban J connectivity index is 1.45. The van der Waals surface area contributed by atoms with Gasteiger partial charge in [-0.1, -0.05) is 53.5 Å². The number of carbonyl (C=O) groups is 2. The summed E-state index contributed by atoms with van der Waals surface area (Å²) in [4.78, 5) is 24.1. The summed E-state index contributed by atoms with van der Waals surface area (Å²) in [6.07, 6.45) is 0. The minimum Gasteiger partial charge on any atom is -0.484 e. The van der Waals surface area contributed by atoms with Crippen LogP contribution in [-0.4, -0.2) is 23.5 Å². The Morgan fingerprint density at radius 2 is 1.59 bits per heavy atom. The molecule has 9 heteroatoms. The number of rotatable bonds is 4. The van der Waals surface area contributed by atoms with Gasteiger partial charge in [0.2, 0.25) is 0 Å². The van der Waals surface area contributed by atoms with Crippen molar-refractivity contribution < 1.29 is 14.3 Å². The lowest BCUT2D eigenvalue weighted by atomic mass is 10.1. The van der Waals surface area contributed by atoms with Crippen molar-refractivity contribution in [1.82, 2.24) is 16.2 Å². The van der Waals surface area contributed by atoms with Gasteiger partial charge in [0, 0.05) is 15.6 Å². The van der Waals surface area contributed by atoms with Crippen molar-refractivity contribution in [3.63, 3.8) is 0 Å². The molecule has 148 valence electrons. The fraction of sp³-hybridized carbons (Fsp3) is 0.0500. The largest absolute Gasteiger partial charge is 0.484 e. The number of nitrogens with one attached hydrogen (secondary N) is 3. The van der Waals surface area contributed by atoms with Crippen LogP contribution in [0.5, 0.6) is 5.75 Å². The van der Waals surface area contributed by atoms with Crippen LogP contribution in [0.15, 0.2) is 60.7 Å². The van der Waals surface area contributed by atoms with Gasteiger partial charge < -0.3 is 4.74 Å². The summed E-state index contributed by atoms with van der Waals surface area (Å²) in [5.74, 6) is -0.429. The average molecular weight is 448 g/mol. The maximum Gasteiger partial charge on any atom is 0.276 e. The van der Waals surface area contributed by atoms with E-state index in [2.05, 4.69) is 16.2 Å². The molecule has 0 unspecified atom stereocenters. The number of thiocarbonyl (C=S) groups is 1. The molecule has 6 nitrogen and oxygen atoms in total. The Kier molecular flexibility index (Phi) is 6.87. The molecule has 0 spiro atoms. The smallest absolute Gasteiger partial charge is 0.276 e. The predicted octanol–water partition coefficient (Wildman–Crippen LogP) is 3.86. The van der Waals surface area contributed by atoms with Crippen LogP contribution in [-0.2, 0) is 4.79 Å². The van der Waals surface area contributed by atoms with E-state index < -0.39 is 11.8 Å². The lowest BCUT2D eigenvalue weighted by Crippen LogP contribution is -2.49. The molecule has 0 bridgehead atoms. The molecule has 0 aliphatic rings. The molecule has 0 aliphatic heterocycles. The van der Waals surface area contributed by atoms with Crippen LogP contribution < -0.4 is 20.9 Å². The van der Waals surface area contributed by atoms with Gasteiger partial charge in [0.1, 0.15) is 5.75 Å². The summed E-state index contributed by atoms with van der Waals surface area (Å²) in [5.41, 5.74) is 5.01. The van der Waals surface area contributed by atoms with Crippen LogP contribution in [0.3, 0.4) is 0 Å². The molecule has 3 N–H and O–H groups in total. The Hall–Kier alpha value is -2.87. The fourth-order valence-electron chi connectivity index (χ4n) is 2.46. The molecule has 3 aromatic carbocycles. The van der Waals surface area contributed by atoms with Gasteiger partial charge in [-0.3, -0.25) is 25.8 Å². The molecular weight excluding hydrogens is 433 g/mol. The number of amides is 2.